The van der Waals surface area contributed by atoms with E-state index in [0.29, 0.717) is 11.3 Å². The summed E-state index contributed by atoms with van der Waals surface area (Å²) in [4.78, 5) is 12.6. The molecule has 0 radical (unpaired) electrons. The SMILES string of the molecule is C/C(=N\NC(=O)CN(c1ccc(Cl)c(Cl)c1)S(=O)(=O)c1ccccc1)c1ccc(F)cc1. The van der Waals surface area contributed by atoms with Gasteiger partial charge in [0.15, 0.2) is 0 Å². The van der Waals surface area contributed by atoms with Gasteiger partial charge in [0, 0.05) is 0 Å². The Labute approximate surface area is 195 Å². The van der Waals surface area contributed by atoms with E-state index in [4.69, 9.17) is 23.2 Å². The number of rotatable bonds is 7. The summed E-state index contributed by atoms with van der Waals surface area (Å²) in [5.74, 6) is -1.08. The van der Waals surface area contributed by atoms with Gasteiger partial charge >= 0.3 is 0 Å². The maximum Gasteiger partial charge on any atom is 0.264 e. The average molecular weight is 494 g/mol. The number of hydrogen-bond acceptors (Lipinski definition) is 4. The average Bonchev–Trinajstić information content (AvgIpc) is 2.78. The molecule has 3 aromatic rings. The van der Waals surface area contributed by atoms with Crippen LogP contribution in [0, 0.1) is 5.82 Å². The Morgan fingerprint density at radius 1 is 1.00 bits per heavy atom. The summed E-state index contributed by atoms with van der Waals surface area (Å²) in [6.07, 6.45) is 0. The minimum absolute atomic E-state index is 0.00451. The Balaban J connectivity index is 1.88. The third kappa shape index (κ3) is 5.64. The van der Waals surface area contributed by atoms with Crippen LogP contribution in [-0.4, -0.2) is 26.6 Å². The summed E-state index contributed by atoms with van der Waals surface area (Å²) >= 11 is 12.0. The molecule has 0 atom stereocenters. The number of halogens is 3. The van der Waals surface area contributed by atoms with Crippen LogP contribution in [0.15, 0.2) is 82.8 Å². The van der Waals surface area contributed by atoms with Crippen LogP contribution in [0.3, 0.4) is 0 Å². The molecule has 1 N–H and O–H groups in total. The third-order valence-corrected chi connectivity index (χ3v) is 6.95. The van der Waals surface area contributed by atoms with Crippen LogP contribution < -0.4 is 9.73 Å². The van der Waals surface area contributed by atoms with Crippen molar-refractivity contribution in [3.63, 3.8) is 0 Å². The van der Waals surface area contributed by atoms with Gasteiger partial charge in [-0.3, -0.25) is 9.10 Å². The topological polar surface area (TPSA) is 78.8 Å². The van der Waals surface area contributed by atoms with Crippen molar-refractivity contribution >= 4 is 50.5 Å². The Hall–Kier alpha value is -2.94. The first kappa shape index (κ1) is 23.7. The molecule has 3 aromatic carbocycles. The Morgan fingerprint density at radius 2 is 1.66 bits per heavy atom. The maximum absolute atomic E-state index is 13.3. The highest BCUT2D eigenvalue weighted by Crippen LogP contribution is 2.30. The molecule has 3 rings (SSSR count). The molecule has 6 nitrogen and oxygen atoms in total. The molecule has 166 valence electrons. The van der Waals surface area contributed by atoms with E-state index in [1.165, 1.54) is 54.6 Å². The van der Waals surface area contributed by atoms with E-state index < -0.39 is 28.3 Å². The molecule has 0 aliphatic rings. The summed E-state index contributed by atoms with van der Waals surface area (Å²) in [6, 6.07) is 17.5. The van der Waals surface area contributed by atoms with Gasteiger partial charge in [-0.25, -0.2) is 18.2 Å². The lowest BCUT2D eigenvalue weighted by Gasteiger charge is -2.24. The first-order valence-corrected chi connectivity index (χ1v) is 11.5. The zero-order valence-corrected chi connectivity index (χ0v) is 19.1. The fourth-order valence-corrected chi connectivity index (χ4v) is 4.47. The maximum atomic E-state index is 13.3. The number of nitrogens with one attached hydrogen (secondary N) is 1. The highest BCUT2D eigenvalue weighted by Gasteiger charge is 2.27. The number of carbonyl (C=O) groups is 1. The van der Waals surface area contributed by atoms with Crippen LogP contribution in [0.1, 0.15) is 12.5 Å². The molecule has 0 saturated carbocycles. The number of carbonyl (C=O) groups excluding carboxylic acids is 1. The molecule has 0 aliphatic heterocycles. The Morgan fingerprint density at radius 3 is 2.28 bits per heavy atom. The molecule has 0 aliphatic carbocycles. The second-order valence-corrected chi connectivity index (χ2v) is 9.34. The fraction of sp³-hybridized carbons (Fsp3) is 0.0909. The molecule has 0 aromatic heterocycles. The quantitative estimate of drug-likeness (QED) is 0.376. The molecule has 1 amide bonds. The van der Waals surface area contributed by atoms with Gasteiger partial charge in [0.1, 0.15) is 12.4 Å². The molecule has 0 bridgehead atoms. The van der Waals surface area contributed by atoms with E-state index in [1.807, 2.05) is 0 Å². The highest BCUT2D eigenvalue weighted by atomic mass is 35.5. The van der Waals surface area contributed by atoms with Crippen LogP contribution in [-0.2, 0) is 14.8 Å². The van der Waals surface area contributed by atoms with Gasteiger partial charge in [-0.15, -0.1) is 0 Å². The van der Waals surface area contributed by atoms with Gasteiger partial charge in [-0.1, -0.05) is 53.5 Å². The zero-order valence-electron chi connectivity index (χ0n) is 16.8. The lowest BCUT2D eigenvalue weighted by atomic mass is 10.1. The normalized spacial score (nSPS) is 11.8. The minimum atomic E-state index is -4.09. The molecule has 0 heterocycles. The summed E-state index contributed by atoms with van der Waals surface area (Å²) in [5.41, 5.74) is 3.52. The predicted molar refractivity (Wildman–Crippen MR) is 124 cm³/mol. The fourth-order valence-electron chi connectivity index (χ4n) is 2.74. The van der Waals surface area contributed by atoms with Crippen molar-refractivity contribution in [3.05, 3.63) is 94.2 Å². The number of benzene rings is 3. The number of nitrogens with zero attached hydrogens (tertiary/aromatic N) is 2. The molecule has 0 spiro atoms. The first-order chi connectivity index (χ1) is 15.2. The van der Waals surface area contributed by atoms with E-state index in [9.17, 15) is 17.6 Å². The number of anilines is 1. The van der Waals surface area contributed by atoms with E-state index >= 15 is 0 Å². The number of amides is 1. The second kappa shape index (κ2) is 10.1. The standard InChI is InChI=1S/C22H18Cl2FN3O3S/c1-15(16-7-9-17(25)10-8-16)26-27-22(29)14-28(18-11-12-20(23)21(24)13-18)32(30,31)19-5-3-2-4-6-19/h2-13H,14H2,1H3,(H,27,29)/b26-15+. The van der Waals surface area contributed by atoms with Crippen LogP contribution in [0.4, 0.5) is 10.1 Å². The van der Waals surface area contributed by atoms with Crippen molar-refractivity contribution in [2.45, 2.75) is 11.8 Å². The largest absolute Gasteiger partial charge is 0.271 e. The van der Waals surface area contributed by atoms with Gasteiger partial charge in [-0.05, 0) is 55.0 Å². The first-order valence-electron chi connectivity index (χ1n) is 9.30. The van der Waals surface area contributed by atoms with Crippen molar-refractivity contribution in [3.8, 4) is 0 Å². The van der Waals surface area contributed by atoms with E-state index in [2.05, 4.69) is 10.5 Å². The van der Waals surface area contributed by atoms with Gasteiger partial charge in [-0.2, -0.15) is 5.10 Å². The molecule has 0 fully saturated rings. The van der Waals surface area contributed by atoms with Crippen LogP contribution in [0.2, 0.25) is 10.0 Å². The van der Waals surface area contributed by atoms with Crippen molar-refractivity contribution in [1.29, 1.82) is 0 Å². The molecule has 0 unspecified atom stereocenters. The van der Waals surface area contributed by atoms with Crippen LogP contribution >= 0.6 is 23.2 Å². The van der Waals surface area contributed by atoms with E-state index in [0.717, 1.165) is 4.31 Å². The van der Waals surface area contributed by atoms with Crippen molar-refractivity contribution in [1.82, 2.24) is 5.43 Å². The monoisotopic (exact) mass is 493 g/mol. The molecule has 10 heteroatoms. The molecule has 32 heavy (non-hydrogen) atoms. The van der Waals surface area contributed by atoms with Crippen molar-refractivity contribution in [2.24, 2.45) is 5.10 Å². The van der Waals surface area contributed by atoms with E-state index in [1.54, 1.807) is 25.1 Å². The molecule has 0 saturated heterocycles. The Bertz CT molecular complexity index is 1250. The number of sulfonamides is 1. The van der Waals surface area contributed by atoms with Crippen LogP contribution in [0.5, 0.6) is 0 Å². The molecular formula is C22H18Cl2FN3O3S. The predicted octanol–water partition coefficient (Wildman–Crippen LogP) is 4.87. The Kier molecular flexibility index (Phi) is 7.50. The van der Waals surface area contributed by atoms with Gasteiger partial charge < -0.3 is 0 Å². The number of hydrazone groups is 1. The smallest absolute Gasteiger partial charge is 0.264 e. The lowest BCUT2D eigenvalue weighted by Crippen LogP contribution is -2.39. The second-order valence-electron chi connectivity index (χ2n) is 6.66. The van der Waals surface area contributed by atoms with Crippen molar-refractivity contribution in [2.75, 3.05) is 10.8 Å². The van der Waals surface area contributed by atoms with E-state index in [-0.39, 0.29) is 20.6 Å². The highest BCUT2D eigenvalue weighted by molar-refractivity contribution is 7.92. The van der Waals surface area contributed by atoms with Gasteiger partial charge in [0.25, 0.3) is 15.9 Å². The van der Waals surface area contributed by atoms with Crippen LogP contribution in [0.25, 0.3) is 0 Å². The van der Waals surface area contributed by atoms with Gasteiger partial charge in [0.2, 0.25) is 0 Å². The summed E-state index contributed by atoms with van der Waals surface area (Å²) < 4.78 is 40.5. The summed E-state index contributed by atoms with van der Waals surface area (Å²) in [6.45, 7) is 1.07. The van der Waals surface area contributed by atoms with Gasteiger partial charge in [0.05, 0.1) is 26.3 Å². The lowest BCUT2D eigenvalue weighted by molar-refractivity contribution is -0.119. The minimum Gasteiger partial charge on any atom is -0.271 e. The third-order valence-electron chi connectivity index (χ3n) is 4.42. The summed E-state index contributed by atoms with van der Waals surface area (Å²) in [5, 5.41) is 4.37. The summed E-state index contributed by atoms with van der Waals surface area (Å²) in [7, 11) is -4.09. The molecular weight excluding hydrogens is 476 g/mol. The zero-order chi connectivity index (χ0) is 23.3. The van der Waals surface area contributed by atoms with Crippen molar-refractivity contribution < 1.29 is 17.6 Å². The number of hydrogen-bond donors (Lipinski definition) is 1.